The van der Waals surface area contributed by atoms with Gasteiger partial charge in [-0.15, -0.1) is 0 Å². The Bertz CT molecular complexity index is 1100. The summed E-state index contributed by atoms with van der Waals surface area (Å²) in [4.78, 5) is 28.9. The van der Waals surface area contributed by atoms with Crippen molar-refractivity contribution in [1.29, 1.82) is 0 Å². The van der Waals surface area contributed by atoms with Gasteiger partial charge in [0.05, 0.1) is 19.1 Å². The molecule has 8 heteroatoms. The first-order valence-electron chi connectivity index (χ1n) is 11.6. The number of carbonyl (C=O) groups excluding carboxylic acids is 2. The van der Waals surface area contributed by atoms with E-state index in [9.17, 15) is 18.4 Å². The number of amides is 2. The number of halogens is 2. The molecule has 182 valence electrons. The number of hydrogen-bond donors (Lipinski definition) is 2. The van der Waals surface area contributed by atoms with E-state index in [0.717, 1.165) is 38.3 Å². The zero-order chi connectivity index (χ0) is 24.6. The third kappa shape index (κ3) is 6.71. The van der Waals surface area contributed by atoms with Crippen LogP contribution in [0, 0.1) is 11.6 Å². The number of nitrogens with zero attached hydrogens (tertiary/aromatic N) is 2. The molecule has 0 spiro atoms. The van der Waals surface area contributed by atoms with Crippen LogP contribution < -0.4 is 10.6 Å². The zero-order valence-corrected chi connectivity index (χ0v) is 19.3. The van der Waals surface area contributed by atoms with Gasteiger partial charge in [-0.05, 0) is 23.3 Å². The Balaban J connectivity index is 1.26. The van der Waals surface area contributed by atoms with Gasteiger partial charge in [0.15, 0.2) is 11.6 Å². The van der Waals surface area contributed by atoms with Gasteiger partial charge in [-0.2, -0.15) is 0 Å². The summed E-state index contributed by atoms with van der Waals surface area (Å²) < 4.78 is 26.3. The van der Waals surface area contributed by atoms with Crippen molar-refractivity contribution in [3.8, 4) is 0 Å². The summed E-state index contributed by atoms with van der Waals surface area (Å²) in [6.07, 6.45) is 0. The standard InChI is InChI=1S/C27H28F2N4O2/c28-23-12-11-22(17-24(23)29)31-25(34)18-30-26(35)19-32-13-15-33(16-14-32)27(20-7-3-1-4-8-20)21-9-5-2-6-10-21/h1-12,17,27H,13-16,18-19H2,(H,30,35)(H,31,34). The Morgan fingerprint density at radius 1 is 0.771 bits per heavy atom. The number of piperazine rings is 1. The SMILES string of the molecule is O=C(CN1CCN(C(c2ccccc2)c2ccccc2)CC1)NCC(=O)Nc1ccc(F)c(F)c1. The highest BCUT2D eigenvalue weighted by molar-refractivity contribution is 5.94. The second kappa shape index (κ2) is 11.7. The molecule has 3 aromatic rings. The molecule has 35 heavy (non-hydrogen) atoms. The van der Waals surface area contributed by atoms with Gasteiger partial charge in [-0.25, -0.2) is 8.78 Å². The van der Waals surface area contributed by atoms with Crippen LogP contribution in [0.5, 0.6) is 0 Å². The van der Waals surface area contributed by atoms with Gasteiger partial charge in [-0.3, -0.25) is 19.4 Å². The minimum Gasteiger partial charge on any atom is -0.346 e. The number of hydrogen-bond acceptors (Lipinski definition) is 4. The summed E-state index contributed by atoms with van der Waals surface area (Å²) in [5.41, 5.74) is 2.60. The largest absolute Gasteiger partial charge is 0.346 e. The summed E-state index contributed by atoms with van der Waals surface area (Å²) >= 11 is 0. The van der Waals surface area contributed by atoms with Crippen LogP contribution in [0.25, 0.3) is 0 Å². The van der Waals surface area contributed by atoms with Crippen molar-refractivity contribution in [2.24, 2.45) is 0 Å². The number of carbonyl (C=O) groups is 2. The van der Waals surface area contributed by atoms with Crippen LogP contribution in [0.3, 0.4) is 0 Å². The van der Waals surface area contributed by atoms with E-state index in [0.29, 0.717) is 0 Å². The van der Waals surface area contributed by atoms with Crippen LogP contribution in [0.1, 0.15) is 17.2 Å². The highest BCUT2D eigenvalue weighted by atomic mass is 19.2. The van der Waals surface area contributed by atoms with E-state index in [-0.39, 0.29) is 30.7 Å². The topological polar surface area (TPSA) is 64.7 Å². The lowest BCUT2D eigenvalue weighted by Gasteiger charge is -2.39. The van der Waals surface area contributed by atoms with Crippen LogP contribution >= 0.6 is 0 Å². The third-order valence-corrected chi connectivity index (χ3v) is 6.02. The van der Waals surface area contributed by atoms with E-state index in [1.54, 1.807) is 0 Å². The van der Waals surface area contributed by atoms with Gasteiger partial charge in [-0.1, -0.05) is 60.7 Å². The highest BCUT2D eigenvalue weighted by Gasteiger charge is 2.27. The first-order valence-corrected chi connectivity index (χ1v) is 11.6. The summed E-state index contributed by atoms with van der Waals surface area (Å²) in [6, 6.07) is 24.0. The van der Waals surface area contributed by atoms with Gasteiger partial charge in [0.25, 0.3) is 0 Å². The Morgan fingerprint density at radius 2 is 1.37 bits per heavy atom. The van der Waals surface area contributed by atoms with Crippen molar-refractivity contribution < 1.29 is 18.4 Å². The van der Waals surface area contributed by atoms with Crippen molar-refractivity contribution in [3.05, 3.63) is 102 Å². The van der Waals surface area contributed by atoms with Crippen LogP contribution in [-0.2, 0) is 9.59 Å². The van der Waals surface area contributed by atoms with E-state index in [2.05, 4.69) is 69.0 Å². The van der Waals surface area contributed by atoms with E-state index in [1.165, 1.54) is 17.2 Å². The third-order valence-electron chi connectivity index (χ3n) is 6.02. The molecule has 1 aliphatic heterocycles. The lowest BCUT2D eigenvalue weighted by molar-refractivity contribution is -0.125. The summed E-state index contributed by atoms with van der Waals surface area (Å²) in [7, 11) is 0. The fraction of sp³-hybridized carbons (Fsp3) is 0.259. The van der Waals surface area contributed by atoms with Gasteiger partial charge < -0.3 is 10.6 Å². The first kappa shape index (κ1) is 24.5. The molecule has 0 atom stereocenters. The Morgan fingerprint density at radius 3 is 1.94 bits per heavy atom. The quantitative estimate of drug-likeness (QED) is 0.521. The molecular formula is C27H28F2N4O2. The van der Waals surface area contributed by atoms with Gasteiger partial charge in [0.2, 0.25) is 11.8 Å². The zero-order valence-electron chi connectivity index (χ0n) is 19.3. The minimum atomic E-state index is -1.05. The monoisotopic (exact) mass is 478 g/mol. The van der Waals surface area contributed by atoms with Crippen LogP contribution in [-0.4, -0.2) is 60.9 Å². The highest BCUT2D eigenvalue weighted by Crippen LogP contribution is 2.29. The maximum Gasteiger partial charge on any atom is 0.243 e. The van der Waals surface area contributed by atoms with Crippen LogP contribution in [0.2, 0.25) is 0 Å². The number of anilines is 1. The maximum absolute atomic E-state index is 13.3. The molecule has 2 N–H and O–H groups in total. The lowest BCUT2D eigenvalue weighted by Crippen LogP contribution is -2.50. The number of rotatable bonds is 8. The summed E-state index contributed by atoms with van der Waals surface area (Å²) in [5.74, 6) is -2.81. The summed E-state index contributed by atoms with van der Waals surface area (Å²) in [5, 5.41) is 5.03. The number of nitrogens with one attached hydrogen (secondary N) is 2. The number of benzene rings is 3. The average molecular weight is 479 g/mol. The molecule has 0 aromatic heterocycles. The lowest BCUT2D eigenvalue weighted by atomic mass is 9.96. The molecule has 0 bridgehead atoms. The first-order chi connectivity index (χ1) is 17.0. The van der Waals surface area contributed by atoms with E-state index < -0.39 is 17.5 Å². The normalized spacial score (nSPS) is 14.6. The predicted octanol–water partition coefficient (Wildman–Crippen LogP) is 3.43. The van der Waals surface area contributed by atoms with Crippen LogP contribution in [0.4, 0.5) is 14.5 Å². The van der Waals surface area contributed by atoms with Crippen molar-refractivity contribution in [2.75, 3.05) is 44.6 Å². The van der Waals surface area contributed by atoms with Crippen molar-refractivity contribution >= 4 is 17.5 Å². The Kier molecular flexibility index (Phi) is 8.18. The molecule has 1 heterocycles. The summed E-state index contributed by atoms with van der Waals surface area (Å²) in [6.45, 7) is 3.00. The fourth-order valence-electron chi connectivity index (χ4n) is 4.28. The van der Waals surface area contributed by atoms with Crippen molar-refractivity contribution in [2.45, 2.75) is 6.04 Å². The van der Waals surface area contributed by atoms with Gasteiger partial charge in [0, 0.05) is 37.9 Å². The minimum absolute atomic E-state index is 0.130. The fourth-order valence-corrected chi connectivity index (χ4v) is 4.28. The smallest absolute Gasteiger partial charge is 0.243 e. The van der Waals surface area contributed by atoms with Crippen molar-refractivity contribution in [1.82, 2.24) is 15.1 Å². The predicted molar refractivity (Wildman–Crippen MR) is 131 cm³/mol. The van der Waals surface area contributed by atoms with Crippen LogP contribution in [0.15, 0.2) is 78.9 Å². The molecule has 4 rings (SSSR count). The van der Waals surface area contributed by atoms with Gasteiger partial charge >= 0.3 is 0 Å². The Labute approximate surface area is 203 Å². The molecule has 6 nitrogen and oxygen atoms in total. The molecule has 1 saturated heterocycles. The molecule has 0 unspecified atom stereocenters. The molecule has 2 amide bonds. The van der Waals surface area contributed by atoms with Crippen molar-refractivity contribution in [3.63, 3.8) is 0 Å². The van der Waals surface area contributed by atoms with E-state index in [1.807, 2.05) is 12.1 Å². The molecular weight excluding hydrogens is 450 g/mol. The molecule has 0 saturated carbocycles. The van der Waals surface area contributed by atoms with E-state index in [4.69, 9.17) is 0 Å². The molecule has 0 aliphatic carbocycles. The molecule has 3 aromatic carbocycles. The molecule has 1 fully saturated rings. The molecule has 1 aliphatic rings. The second-order valence-corrected chi connectivity index (χ2v) is 8.49. The van der Waals surface area contributed by atoms with Gasteiger partial charge in [0.1, 0.15) is 0 Å². The second-order valence-electron chi connectivity index (χ2n) is 8.49. The average Bonchev–Trinajstić information content (AvgIpc) is 2.88. The molecule has 0 radical (unpaired) electrons. The maximum atomic E-state index is 13.3. The Hall–Kier alpha value is -3.62. The van der Waals surface area contributed by atoms with E-state index >= 15 is 0 Å².